The van der Waals surface area contributed by atoms with E-state index >= 15 is 0 Å². The average molecular weight is 193 g/mol. The Morgan fingerprint density at radius 2 is 2.23 bits per heavy atom. The molecule has 0 aliphatic carbocycles. The monoisotopic (exact) mass is 193 g/mol. The highest BCUT2D eigenvalue weighted by Gasteiger charge is 2.13. The maximum atomic E-state index is 11.1. The second kappa shape index (κ2) is 3.47. The molecule has 1 atom stereocenters. The molecule has 0 saturated heterocycles. The third-order valence-corrected chi connectivity index (χ3v) is 3.18. The predicted octanol–water partition coefficient (Wildman–Crippen LogP) is 1.50. The molecule has 1 amide bonds. The van der Waals surface area contributed by atoms with Crippen LogP contribution in [0.25, 0.3) is 0 Å². The van der Waals surface area contributed by atoms with E-state index in [1.807, 2.05) is 6.07 Å². The number of hydrogen-bond acceptors (Lipinski definition) is 1. The van der Waals surface area contributed by atoms with Crippen molar-refractivity contribution in [3.05, 3.63) is 23.8 Å². The van der Waals surface area contributed by atoms with E-state index in [2.05, 4.69) is 24.1 Å². The van der Waals surface area contributed by atoms with Crippen LogP contribution in [-0.2, 0) is 11.2 Å². The van der Waals surface area contributed by atoms with Crippen LogP contribution in [-0.4, -0.2) is 12.6 Å². The van der Waals surface area contributed by atoms with Crippen LogP contribution in [0.5, 0.6) is 0 Å². The molecule has 0 fully saturated rings. The lowest BCUT2D eigenvalue weighted by molar-refractivity contribution is -0.116. The van der Waals surface area contributed by atoms with Crippen molar-refractivity contribution in [3.63, 3.8) is 0 Å². The Bertz CT molecular complexity index is 349. The first kappa shape index (κ1) is 8.71. The third-order valence-electron chi connectivity index (χ3n) is 2.29. The smallest absolute Gasteiger partial charge is 0.224 e. The van der Waals surface area contributed by atoms with Crippen molar-refractivity contribution >= 4 is 25.5 Å². The van der Waals surface area contributed by atoms with Gasteiger partial charge in [-0.05, 0) is 36.1 Å². The SMILES string of the molecule is CPc1ccc2c(c1)CCC(=O)N2. The molecule has 2 nitrogen and oxygen atoms in total. The number of carbonyl (C=O) groups excluding carboxylic acids is 1. The minimum absolute atomic E-state index is 0.138. The highest BCUT2D eigenvalue weighted by atomic mass is 31.1. The van der Waals surface area contributed by atoms with Gasteiger partial charge in [-0.15, -0.1) is 0 Å². The highest BCUT2D eigenvalue weighted by Crippen LogP contribution is 2.22. The molecule has 1 aromatic carbocycles. The molecule has 0 bridgehead atoms. The van der Waals surface area contributed by atoms with Crippen molar-refractivity contribution < 1.29 is 4.79 Å². The van der Waals surface area contributed by atoms with Crippen molar-refractivity contribution in [1.29, 1.82) is 0 Å². The summed E-state index contributed by atoms with van der Waals surface area (Å²) in [6.07, 6.45) is 1.52. The van der Waals surface area contributed by atoms with Crippen molar-refractivity contribution in [1.82, 2.24) is 0 Å². The van der Waals surface area contributed by atoms with Crippen LogP contribution in [0, 0.1) is 0 Å². The van der Waals surface area contributed by atoms with Crippen LogP contribution in [0.4, 0.5) is 5.69 Å². The molecule has 1 aromatic rings. The van der Waals surface area contributed by atoms with Crippen molar-refractivity contribution in [2.75, 3.05) is 12.0 Å². The number of anilines is 1. The number of hydrogen-bond donors (Lipinski definition) is 1. The normalized spacial score (nSPS) is 15.9. The van der Waals surface area contributed by atoms with Crippen LogP contribution in [0.2, 0.25) is 0 Å². The van der Waals surface area contributed by atoms with Crippen molar-refractivity contribution in [3.8, 4) is 0 Å². The predicted molar refractivity (Wildman–Crippen MR) is 57.3 cm³/mol. The summed E-state index contributed by atoms with van der Waals surface area (Å²) in [6.45, 7) is 2.17. The van der Waals surface area contributed by atoms with Gasteiger partial charge in [-0.2, -0.15) is 0 Å². The van der Waals surface area contributed by atoms with Crippen LogP contribution in [0.1, 0.15) is 12.0 Å². The number of fused-ring (bicyclic) bond motifs is 1. The fourth-order valence-corrected chi connectivity index (χ4v) is 2.11. The van der Waals surface area contributed by atoms with Gasteiger partial charge in [0.25, 0.3) is 0 Å². The van der Waals surface area contributed by atoms with E-state index in [1.165, 1.54) is 10.9 Å². The van der Waals surface area contributed by atoms with E-state index in [4.69, 9.17) is 0 Å². The lowest BCUT2D eigenvalue weighted by atomic mass is 10.0. The number of carbonyl (C=O) groups is 1. The first-order chi connectivity index (χ1) is 6.29. The third kappa shape index (κ3) is 1.73. The fraction of sp³-hybridized carbons (Fsp3) is 0.300. The van der Waals surface area contributed by atoms with Crippen LogP contribution < -0.4 is 10.6 Å². The number of rotatable bonds is 1. The van der Waals surface area contributed by atoms with E-state index in [9.17, 15) is 4.79 Å². The molecule has 1 unspecified atom stereocenters. The van der Waals surface area contributed by atoms with Gasteiger partial charge in [0.1, 0.15) is 0 Å². The zero-order chi connectivity index (χ0) is 9.26. The van der Waals surface area contributed by atoms with Gasteiger partial charge < -0.3 is 5.32 Å². The molecule has 68 valence electrons. The van der Waals surface area contributed by atoms with Gasteiger partial charge in [0.15, 0.2) is 0 Å². The Hall–Kier alpha value is -0.880. The molecular weight excluding hydrogens is 181 g/mol. The summed E-state index contributed by atoms with van der Waals surface area (Å²) in [4.78, 5) is 11.1. The first-order valence-electron chi connectivity index (χ1n) is 4.40. The molecule has 0 saturated carbocycles. The Morgan fingerprint density at radius 3 is 3.00 bits per heavy atom. The second-order valence-corrected chi connectivity index (χ2v) is 4.25. The average Bonchev–Trinajstić information content (AvgIpc) is 2.17. The maximum absolute atomic E-state index is 11.1. The minimum atomic E-state index is 0.138. The number of benzene rings is 1. The number of aryl methyl sites for hydroxylation is 1. The first-order valence-corrected chi connectivity index (χ1v) is 5.90. The van der Waals surface area contributed by atoms with Gasteiger partial charge in [-0.3, -0.25) is 4.79 Å². The van der Waals surface area contributed by atoms with Crippen molar-refractivity contribution in [2.24, 2.45) is 0 Å². The van der Waals surface area contributed by atoms with Gasteiger partial charge in [-0.1, -0.05) is 14.6 Å². The zero-order valence-corrected chi connectivity index (χ0v) is 8.55. The summed E-state index contributed by atoms with van der Waals surface area (Å²) in [5, 5.41) is 4.25. The van der Waals surface area contributed by atoms with E-state index in [1.54, 1.807) is 0 Å². The van der Waals surface area contributed by atoms with E-state index in [-0.39, 0.29) is 5.91 Å². The lowest BCUT2D eigenvalue weighted by Crippen LogP contribution is -2.19. The van der Waals surface area contributed by atoms with Crippen LogP contribution in [0.3, 0.4) is 0 Å². The van der Waals surface area contributed by atoms with E-state index < -0.39 is 0 Å². The maximum Gasteiger partial charge on any atom is 0.224 e. The van der Waals surface area contributed by atoms with Crippen molar-refractivity contribution in [2.45, 2.75) is 12.8 Å². The van der Waals surface area contributed by atoms with Gasteiger partial charge in [-0.25, -0.2) is 0 Å². The number of nitrogens with one attached hydrogen (secondary N) is 1. The summed E-state index contributed by atoms with van der Waals surface area (Å²) in [5.74, 6) is 0.138. The molecule has 2 rings (SSSR count). The Balaban J connectivity index is 2.36. The molecule has 1 aliphatic rings. The second-order valence-electron chi connectivity index (χ2n) is 3.17. The minimum Gasteiger partial charge on any atom is -0.326 e. The number of amides is 1. The van der Waals surface area contributed by atoms with Gasteiger partial charge in [0.2, 0.25) is 5.91 Å². The van der Waals surface area contributed by atoms with E-state index in [0.717, 1.165) is 20.7 Å². The quantitative estimate of drug-likeness (QED) is 0.673. The lowest BCUT2D eigenvalue weighted by Gasteiger charge is -2.17. The Morgan fingerprint density at radius 1 is 1.38 bits per heavy atom. The molecule has 0 radical (unpaired) electrons. The molecule has 0 aromatic heterocycles. The molecule has 13 heavy (non-hydrogen) atoms. The molecular formula is C10H12NOP. The molecule has 1 heterocycles. The fourth-order valence-electron chi connectivity index (χ4n) is 1.54. The highest BCUT2D eigenvalue weighted by molar-refractivity contribution is 7.46. The summed E-state index contributed by atoms with van der Waals surface area (Å²) < 4.78 is 0. The zero-order valence-electron chi connectivity index (χ0n) is 7.55. The molecule has 1 aliphatic heterocycles. The topological polar surface area (TPSA) is 29.1 Å². The molecule has 3 heteroatoms. The largest absolute Gasteiger partial charge is 0.326 e. The summed E-state index contributed by atoms with van der Waals surface area (Å²) in [5.41, 5.74) is 2.28. The molecule has 1 N–H and O–H groups in total. The molecule has 0 spiro atoms. The van der Waals surface area contributed by atoms with Crippen LogP contribution in [0.15, 0.2) is 18.2 Å². The Kier molecular flexibility index (Phi) is 2.32. The van der Waals surface area contributed by atoms with Gasteiger partial charge in [0, 0.05) is 12.1 Å². The summed E-state index contributed by atoms with van der Waals surface area (Å²) >= 11 is 0. The standard InChI is InChI=1S/C10H12NOP/c1-13-8-3-4-9-7(6-8)2-5-10(12)11-9/h3-4,6,13H,2,5H2,1H3,(H,11,12). The summed E-state index contributed by atoms with van der Waals surface area (Å²) in [6, 6.07) is 6.30. The summed E-state index contributed by atoms with van der Waals surface area (Å²) in [7, 11) is 0.832. The Labute approximate surface area is 79.5 Å². The van der Waals surface area contributed by atoms with Gasteiger partial charge in [0.05, 0.1) is 0 Å². The van der Waals surface area contributed by atoms with Gasteiger partial charge >= 0.3 is 0 Å². The van der Waals surface area contributed by atoms with E-state index in [0.29, 0.717) is 6.42 Å². The van der Waals surface area contributed by atoms with Crippen LogP contribution >= 0.6 is 8.58 Å².